The highest BCUT2D eigenvalue weighted by Crippen LogP contribution is 2.25. The number of anilines is 1. The van der Waals surface area contributed by atoms with E-state index in [1.165, 1.54) is 4.90 Å². The van der Waals surface area contributed by atoms with Gasteiger partial charge < -0.3 is 15.0 Å². The van der Waals surface area contributed by atoms with Gasteiger partial charge in [0.05, 0.1) is 6.54 Å². The van der Waals surface area contributed by atoms with Crippen molar-refractivity contribution in [2.24, 2.45) is 0 Å². The summed E-state index contributed by atoms with van der Waals surface area (Å²) < 4.78 is 5.58. The molecule has 0 unspecified atom stereocenters. The van der Waals surface area contributed by atoms with E-state index in [4.69, 9.17) is 4.74 Å². The van der Waals surface area contributed by atoms with Crippen molar-refractivity contribution in [2.45, 2.75) is 20.3 Å². The zero-order chi connectivity index (χ0) is 21.5. The summed E-state index contributed by atoms with van der Waals surface area (Å²) in [6.07, 6.45) is 0.819. The van der Waals surface area contributed by atoms with Gasteiger partial charge >= 0.3 is 0 Å². The van der Waals surface area contributed by atoms with E-state index in [9.17, 15) is 9.59 Å². The molecule has 156 valence electrons. The number of ether oxygens (including phenoxy) is 1. The summed E-state index contributed by atoms with van der Waals surface area (Å²) in [5, 5.41) is 5.82. The van der Waals surface area contributed by atoms with Gasteiger partial charge in [0, 0.05) is 29.4 Å². The minimum absolute atomic E-state index is 0.0391. The van der Waals surface area contributed by atoms with Crippen LogP contribution in [0.2, 0.25) is 0 Å². The molecule has 30 heavy (non-hydrogen) atoms. The number of thiazole rings is 1. The molecule has 0 radical (unpaired) electrons. The van der Waals surface area contributed by atoms with Crippen molar-refractivity contribution < 1.29 is 14.3 Å². The lowest BCUT2D eigenvalue weighted by atomic mass is 10.1. The molecular formula is C23H25N3O3S. The summed E-state index contributed by atoms with van der Waals surface area (Å²) in [6.45, 7) is 3.82. The summed E-state index contributed by atoms with van der Waals surface area (Å²) in [6, 6.07) is 15.1. The smallest absolute Gasteiger partial charge is 0.260 e. The third-order valence-electron chi connectivity index (χ3n) is 4.56. The Bertz CT molecular complexity index is 1010. The maximum Gasteiger partial charge on any atom is 0.260 e. The highest BCUT2D eigenvalue weighted by atomic mass is 32.1. The van der Waals surface area contributed by atoms with E-state index in [0.717, 1.165) is 33.9 Å². The van der Waals surface area contributed by atoms with Crippen LogP contribution in [0.1, 0.15) is 18.2 Å². The maximum atomic E-state index is 12.3. The number of para-hydroxylation sites is 1. The molecule has 0 aliphatic carbocycles. The Morgan fingerprint density at radius 2 is 1.87 bits per heavy atom. The van der Waals surface area contributed by atoms with E-state index < -0.39 is 0 Å². The molecule has 2 amide bonds. The number of likely N-dealkylation sites (N-methyl/N-ethyl adjacent to an activating group) is 1. The molecule has 0 atom stereocenters. The molecule has 3 rings (SSSR count). The normalized spacial score (nSPS) is 10.5. The number of carbonyl (C=O) groups excluding carboxylic acids is 2. The van der Waals surface area contributed by atoms with E-state index in [1.54, 1.807) is 18.4 Å². The van der Waals surface area contributed by atoms with Gasteiger partial charge in [-0.25, -0.2) is 4.98 Å². The summed E-state index contributed by atoms with van der Waals surface area (Å²) in [4.78, 5) is 30.4. The topological polar surface area (TPSA) is 71.5 Å². The molecule has 7 heteroatoms. The van der Waals surface area contributed by atoms with E-state index >= 15 is 0 Å². The maximum absolute atomic E-state index is 12.3. The second-order valence-electron chi connectivity index (χ2n) is 6.92. The number of aryl methyl sites for hydroxylation is 2. The highest BCUT2D eigenvalue weighted by molar-refractivity contribution is 7.13. The van der Waals surface area contributed by atoms with Gasteiger partial charge in [0.2, 0.25) is 5.91 Å². The van der Waals surface area contributed by atoms with Gasteiger partial charge in [-0.1, -0.05) is 25.1 Å². The van der Waals surface area contributed by atoms with Crippen molar-refractivity contribution in [3.8, 4) is 16.3 Å². The van der Waals surface area contributed by atoms with Crippen LogP contribution in [-0.2, 0) is 16.0 Å². The Labute approximate surface area is 180 Å². The quantitative estimate of drug-likeness (QED) is 0.591. The van der Waals surface area contributed by atoms with Gasteiger partial charge in [-0.3, -0.25) is 9.59 Å². The molecule has 3 aromatic rings. The number of hydrogen-bond acceptors (Lipinski definition) is 5. The first-order valence-corrected chi connectivity index (χ1v) is 10.6. The lowest BCUT2D eigenvalue weighted by Crippen LogP contribution is -2.37. The monoisotopic (exact) mass is 423 g/mol. The van der Waals surface area contributed by atoms with Crippen LogP contribution in [0.5, 0.6) is 5.75 Å². The minimum Gasteiger partial charge on any atom is -0.484 e. The molecular weight excluding hydrogens is 398 g/mol. The molecule has 1 aromatic heterocycles. The third-order valence-corrected chi connectivity index (χ3v) is 5.57. The molecule has 0 saturated carbocycles. The number of hydrogen-bond donors (Lipinski definition) is 1. The highest BCUT2D eigenvalue weighted by Gasteiger charge is 2.15. The molecule has 1 heterocycles. The summed E-state index contributed by atoms with van der Waals surface area (Å²) in [7, 11) is 1.59. The zero-order valence-corrected chi connectivity index (χ0v) is 18.2. The predicted octanol–water partition coefficient (Wildman–Crippen LogP) is 4.16. The van der Waals surface area contributed by atoms with Gasteiger partial charge in [0.15, 0.2) is 6.61 Å². The van der Waals surface area contributed by atoms with Crippen molar-refractivity contribution in [3.63, 3.8) is 0 Å². The van der Waals surface area contributed by atoms with E-state index in [-0.39, 0.29) is 25.0 Å². The number of benzene rings is 2. The summed E-state index contributed by atoms with van der Waals surface area (Å²) >= 11 is 1.59. The fourth-order valence-corrected chi connectivity index (χ4v) is 3.68. The van der Waals surface area contributed by atoms with Crippen LogP contribution in [0.15, 0.2) is 53.9 Å². The van der Waals surface area contributed by atoms with Crippen LogP contribution in [0.4, 0.5) is 5.69 Å². The largest absolute Gasteiger partial charge is 0.484 e. The minimum atomic E-state index is -0.270. The van der Waals surface area contributed by atoms with Crippen molar-refractivity contribution in [1.29, 1.82) is 0 Å². The molecule has 0 fully saturated rings. The number of carbonyl (C=O) groups is 2. The average molecular weight is 424 g/mol. The molecule has 0 spiro atoms. The molecule has 6 nitrogen and oxygen atoms in total. The molecule has 0 bridgehead atoms. The van der Waals surface area contributed by atoms with E-state index in [0.29, 0.717) is 5.75 Å². The number of amides is 2. The summed E-state index contributed by atoms with van der Waals surface area (Å²) in [5.41, 5.74) is 3.83. The Kier molecular flexibility index (Phi) is 7.19. The van der Waals surface area contributed by atoms with E-state index in [1.807, 2.05) is 67.8 Å². The van der Waals surface area contributed by atoms with Gasteiger partial charge in [-0.05, 0) is 49.2 Å². The van der Waals surface area contributed by atoms with Crippen molar-refractivity contribution in [2.75, 3.05) is 25.5 Å². The first-order chi connectivity index (χ1) is 14.5. The SMILES string of the molecule is CCc1ccccc1NC(=O)CN(C)C(=O)COc1ccc(-c2nc(C)cs2)cc1. The number of rotatable bonds is 8. The van der Waals surface area contributed by atoms with Gasteiger partial charge in [-0.15, -0.1) is 11.3 Å². The summed E-state index contributed by atoms with van der Waals surface area (Å²) in [5.74, 6) is 0.0819. The van der Waals surface area contributed by atoms with Crippen LogP contribution < -0.4 is 10.1 Å². The zero-order valence-electron chi connectivity index (χ0n) is 17.3. The third kappa shape index (κ3) is 5.67. The Hall–Kier alpha value is -3.19. The van der Waals surface area contributed by atoms with Crippen molar-refractivity contribution >= 4 is 28.8 Å². The van der Waals surface area contributed by atoms with Gasteiger partial charge in [0.25, 0.3) is 5.91 Å². The van der Waals surface area contributed by atoms with Crippen LogP contribution in [0.25, 0.3) is 10.6 Å². The first kappa shape index (κ1) is 21.5. The average Bonchev–Trinajstić information content (AvgIpc) is 3.19. The van der Waals surface area contributed by atoms with Crippen LogP contribution >= 0.6 is 11.3 Å². The van der Waals surface area contributed by atoms with Crippen LogP contribution in [0, 0.1) is 6.92 Å². The van der Waals surface area contributed by atoms with Gasteiger partial charge in [-0.2, -0.15) is 0 Å². The van der Waals surface area contributed by atoms with Crippen molar-refractivity contribution in [3.05, 3.63) is 65.2 Å². The molecule has 0 aliphatic rings. The second-order valence-corrected chi connectivity index (χ2v) is 7.77. The number of nitrogens with zero attached hydrogens (tertiary/aromatic N) is 2. The van der Waals surface area contributed by atoms with Crippen molar-refractivity contribution in [1.82, 2.24) is 9.88 Å². The predicted molar refractivity (Wildman–Crippen MR) is 120 cm³/mol. The second kappa shape index (κ2) is 10.0. The fraction of sp³-hybridized carbons (Fsp3) is 0.261. The van der Waals surface area contributed by atoms with Crippen LogP contribution in [0.3, 0.4) is 0 Å². The van der Waals surface area contributed by atoms with Crippen LogP contribution in [-0.4, -0.2) is 41.9 Å². The standard InChI is InChI=1S/C23H25N3O3S/c1-4-17-7-5-6-8-20(17)25-21(27)13-26(3)22(28)14-29-19-11-9-18(10-12-19)23-24-16(2)15-30-23/h5-12,15H,4,13-14H2,1-3H3,(H,25,27). The van der Waals surface area contributed by atoms with E-state index in [2.05, 4.69) is 10.3 Å². The number of aromatic nitrogens is 1. The number of nitrogens with one attached hydrogen (secondary N) is 1. The molecule has 1 N–H and O–H groups in total. The Balaban J connectivity index is 1.49. The fourth-order valence-electron chi connectivity index (χ4n) is 2.88. The first-order valence-electron chi connectivity index (χ1n) is 9.73. The molecule has 0 saturated heterocycles. The lowest BCUT2D eigenvalue weighted by Gasteiger charge is -2.18. The molecule has 0 aliphatic heterocycles. The molecule has 2 aromatic carbocycles. The van der Waals surface area contributed by atoms with Gasteiger partial charge in [0.1, 0.15) is 10.8 Å². The lowest BCUT2D eigenvalue weighted by molar-refractivity contribution is -0.135. The Morgan fingerprint density at radius 1 is 1.13 bits per heavy atom. The Morgan fingerprint density at radius 3 is 2.53 bits per heavy atom.